The van der Waals surface area contributed by atoms with Crippen molar-refractivity contribution in [2.75, 3.05) is 0 Å². The summed E-state index contributed by atoms with van der Waals surface area (Å²) in [6, 6.07) is 0. The SMILES string of the molecule is CCCCCCCCCCC=COC(=O)C(CCCC)OS(=O)(=O)O. The summed E-state index contributed by atoms with van der Waals surface area (Å²) in [5.74, 6) is -0.807. The summed E-state index contributed by atoms with van der Waals surface area (Å²) in [7, 11) is -4.68. The van der Waals surface area contributed by atoms with Gasteiger partial charge in [-0.3, -0.25) is 4.55 Å². The summed E-state index contributed by atoms with van der Waals surface area (Å²) >= 11 is 0. The first-order valence-corrected chi connectivity index (χ1v) is 10.8. The van der Waals surface area contributed by atoms with E-state index in [4.69, 9.17) is 9.29 Å². The van der Waals surface area contributed by atoms with Crippen LogP contribution in [0.2, 0.25) is 0 Å². The number of unbranched alkanes of at least 4 members (excludes halogenated alkanes) is 9. The number of hydrogen-bond acceptors (Lipinski definition) is 5. The highest BCUT2D eigenvalue weighted by Crippen LogP contribution is 2.11. The second-order valence-electron chi connectivity index (χ2n) is 6.23. The van der Waals surface area contributed by atoms with E-state index in [-0.39, 0.29) is 6.42 Å². The highest BCUT2D eigenvalue weighted by Gasteiger charge is 2.25. The maximum Gasteiger partial charge on any atom is 0.398 e. The van der Waals surface area contributed by atoms with Crippen molar-refractivity contribution < 1.29 is 26.7 Å². The molecule has 0 aliphatic heterocycles. The summed E-state index contributed by atoms with van der Waals surface area (Å²) in [6.45, 7) is 4.11. The van der Waals surface area contributed by atoms with Gasteiger partial charge in [-0.05, 0) is 25.3 Å². The van der Waals surface area contributed by atoms with Crippen molar-refractivity contribution >= 4 is 16.4 Å². The molecule has 0 aromatic rings. The van der Waals surface area contributed by atoms with E-state index >= 15 is 0 Å². The molecule has 0 aromatic carbocycles. The number of allylic oxidation sites excluding steroid dienone is 1. The predicted octanol–water partition coefficient (Wildman–Crippen LogP) is 4.95. The Kier molecular flexibility index (Phi) is 14.8. The highest BCUT2D eigenvalue weighted by atomic mass is 32.3. The Labute approximate surface area is 152 Å². The third-order valence-electron chi connectivity index (χ3n) is 3.83. The van der Waals surface area contributed by atoms with Crippen molar-refractivity contribution in [3.63, 3.8) is 0 Å². The van der Waals surface area contributed by atoms with Crippen molar-refractivity contribution in [2.24, 2.45) is 0 Å². The predicted molar refractivity (Wildman–Crippen MR) is 98.4 cm³/mol. The average molecular weight is 379 g/mol. The maximum absolute atomic E-state index is 11.8. The van der Waals surface area contributed by atoms with E-state index in [2.05, 4.69) is 11.1 Å². The van der Waals surface area contributed by atoms with Gasteiger partial charge >= 0.3 is 16.4 Å². The minimum atomic E-state index is -4.68. The molecule has 0 heterocycles. The van der Waals surface area contributed by atoms with Crippen LogP contribution in [-0.2, 0) is 24.1 Å². The van der Waals surface area contributed by atoms with Gasteiger partial charge in [0.15, 0.2) is 6.10 Å². The molecule has 0 aromatic heterocycles. The van der Waals surface area contributed by atoms with Crippen molar-refractivity contribution in [1.29, 1.82) is 0 Å². The molecule has 1 unspecified atom stereocenters. The molecular formula is C18H34O6S. The normalized spacial score (nSPS) is 13.2. The van der Waals surface area contributed by atoms with E-state index in [1.54, 1.807) is 6.08 Å². The molecule has 0 saturated carbocycles. The molecule has 7 heteroatoms. The second kappa shape index (κ2) is 15.3. The summed E-state index contributed by atoms with van der Waals surface area (Å²) in [5, 5.41) is 0. The molecule has 0 spiro atoms. The number of hydrogen-bond donors (Lipinski definition) is 1. The van der Waals surface area contributed by atoms with Crippen molar-refractivity contribution in [1.82, 2.24) is 0 Å². The lowest BCUT2D eigenvalue weighted by molar-refractivity contribution is -0.146. The minimum absolute atomic E-state index is 0.182. The first-order valence-electron chi connectivity index (χ1n) is 9.41. The standard InChI is InChI=1S/C18H34O6S/c1-3-5-7-8-9-10-11-12-13-14-16-23-18(19)17(15-6-4-2)24-25(20,21)22/h14,16-17H,3-13,15H2,1-2H3,(H,20,21,22). The molecule has 0 rings (SSSR count). The van der Waals surface area contributed by atoms with E-state index in [0.717, 1.165) is 25.7 Å². The molecular weight excluding hydrogens is 344 g/mol. The Morgan fingerprint density at radius 2 is 1.52 bits per heavy atom. The summed E-state index contributed by atoms with van der Waals surface area (Å²) in [6.07, 6.45) is 13.9. The topological polar surface area (TPSA) is 89.9 Å². The zero-order valence-corrected chi connectivity index (χ0v) is 16.4. The maximum atomic E-state index is 11.8. The first kappa shape index (κ1) is 24.1. The van der Waals surface area contributed by atoms with Gasteiger partial charge in [-0.2, -0.15) is 8.42 Å². The quantitative estimate of drug-likeness (QED) is 0.177. The summed E-state index contributed by atoms with van der Waals surface area (Å²) in [5.41, 5.74) is 0. The molecule has 0 radical (unpaired) electrons. The Morgan fingerprint density at radius 3 is 2.08 bits per heavy atom. The van der Waals surface area contributed by atoms with Gasteiger partial charge in [0.05, 0.1) is 6.26 Å². The Bertz CT molecular complexity index is 458. The largest absolute Gasteiger partial charge is 0.433 e. The molecule has 1 N–H and O–H groups in total. The molecule has 6 nitrogen and oxygen atoms in total. The zero-order chi connectivity index (χ0) is 19.0. The number of carbonyl (C=O) groups is 1. The van der Waals surface area contributed by atoms with E-state index in [0.29, 0.717) is 6.42 Å². The number of carbonyl (C=O) groups excluding carboxylic acids is 1. The van der Waals surface area contributed by atoms with Gasteiger partial charge in [0.25, 0.3) is 0 Å². The molecule has 0 fully saturated rings. The lowest BCUT2D eigenvalue weighted by Crippen LogP contribution is -2.28. The second-order valence-corrected chi connectivity index (χ2v) is 7.27. The molecule has 148 valence electrons. The van der Waals surface area contributed by atoms with Crippen LogP contribution in [0.1, 0.15) is 90.9 Å². The van der Waals surface area contributed by atoms with Crippen LogP contribution in [0.15, 0.2) is 12.3 Å². The monoisotopic (exact) mass is 378 g/mol. The Balaban J connectivity index is 3.90. The fourth-order valence-corrected chi connectivity index (χ4v) is 2.87. The van der Waals surface area contributed by atoms with Crippen LogP contribution in [0.5, 0.6) is 0 Å². The molecule has 0 saturated heterocycles. The molecule has 0 amide bonds. The molecule has 0 aliphatic rings. The molecule has 0 bridgehead atoms. The van der Waals surface area contributed by atoms with Crippen molar-refractivity contribution in [2.45, 2.75) is 97.0 Å². The van der Waals surface area contributed by atoms with Crippen molar-refractivity contribution in [3.8, 4) is 0 Å². The third-order valence-corrected chi connectivity index (χ3v) is 4.30. The lowest BCUT2D eigenvalue weighted by atomic mass is 10.1. The minimum Gasteiger partial charge on any atom is -0.433 e. The Morgan fingerprint density at radius 1 is 0.960 bits per heavy atom. The summed E-state index contributed by atoms with van der Waals surface area (Å²) in [4.78, 5) is 11.8. The van der Waals surface area contributed by atoms with E-state index in [1.807, 2.05) is 6.92 Å². The van der Waals surface area contributed by atoms with Crippen LogP contribution >= 0.6 is 0 Å². The summed E-state index contributed by atoms with van der Waals surface area (Å²) < 4.78 is 39.5. The van der Waals surface area contributed by atoms with Crippen molar-refractivity contribution in [3.05, 3.63) is 12.3 Å². The number of esters is 1. The van der Waals surface area contributed by atoms with Gasteiger partial charge in [0, 0.05) is 0 Å². The van der Waals surface area contributed by atoms with Gasteiger partial charge in [0.1, 0.15) is 0 Å². The smallest absolute Gasteiger partial charge is 0.398 e. The van der Waals surface area contributed by atoms with Crippen LogP contribution in [0.4, 0.5) is 0 Å². The van der Waals surface area contributed by atoms with Gasteiger partial charge in [0.2, 0.25) is 0 Å². The number of ether oxygens (including phenoxy) is 1. The van der Waals surface area contributed by atoms with Crippen LogP contribution < -0.4 is 0 Å². The zero-order valence-electron chi connectivity index (χ0n) is 15.6. The highest BCUT2D eigenvalue weighted by molar-refractivity contribution is 7.80. The fourth-order valence-electron chi connectivity index (χ4n) is 2.40. The van der Waals surface area contributed by atoms with Gasteiger partial charge in [-0.15, -0.1) is 0 Å². The molecule has 0 aliphatic carbocycles. The van der Waals surface area contributed by atoms with Crippen LogP contribution in [-0.4, -0.2) is 25.0 Å². The van der Waals surface area contributed by atoms with Gasteiger partial charge < -0.3 is 4.74 Å². The van der Waals surface area contributed by atoms with Crippen LogP contribution in [0, 0.1) is 0 Å². The molecule has 25 heavy (non-hydrogen) atoms. The molecule has 1 atom stereocenters. The fraction of sp³-hybridized carbons (Fsp3) is 0.833. The van der Waals surface area contributed by atoms with E-state index < -0.39 is 22.5 Å². The lowest BCUT2D eigenvalue weighted by Gasteiger charge is -2.12. The van der Waals surface area contributed by atoms with Crippen LogP contribution in [0.25, 0.3) is 0 Å². The number of rotatable bonds is 16. The first-order chi connectivity index (χ1) is 11.9. The van der Waals surface area contributed by atoms with Crippen LogP contribution in [0.3, 0.4) is 0 Å². The van der Waals surface area contributed by atoms with E-state index in [9.17, 15) is 13.2 Å². The average Bonchev–Trinajstić information content (AvgIpc) is 2.55. The third kappa shape index (κ3) is 16.3. The van der Waals surface area contributed by atoms with Gasteiger partial charge in [-0.25, -0.2) is 8.98 Å². The van der Waals surface area contributed by atoms with E-state index in [1.165, 1.54) is 44.8 Å². The Hall–Kier alpha value is -0.920. The van der Waals surface area contributed by atoms with Gasteiger partial charge in [-0.1, -0.05) is 71.6 Å².